The van der Waals surface area contributed by atoms with Crippen LogP contribution in [-0.4, -0.2) is 66.5 Å². The molecule has 0 heterocycles. The molecular weight excluding hydrogens is 952 g/mol. The van der Waals surface area contributed by atoms with Crippen LogP contribution in [-0.2, 0) is 42.2 Å². The van der Waals surface area contributed by atoms with Crippen LogP contribution in [0.1, 0.15) is 265 Å². The van der Waals surface area contributed by atoms with E-state index in [4.69, 9.17) is 23.3 Å². The Morgan fingerprint density at radius 2 is 0.703 bits per heavy atom. The summed E-state index contributed by atoms with van der Waals surface area (Å²) in [4.78, 5) is 48.6. The third-order valence-electron chi connectivity index (χ3n) is 12.6. The smallest absolute Gasteiger partial charge is 0.462 e. The van der Waals surface area contributed by atoms with E-state index in [9.17, 15) is 28.9 Å². The minimum absolute atomic E-state index is 0.158. The molecule has 0 spiro atoms. The lowest BCUT2D eigenvalue weighted by atomic mass is 10.0. The lowest BCUT2D eigenvalue weighted by Gasteiger charge is -2.21. The molecule has 0 aromatic heterocycles. The zero-order chi connectivity index (χ0) is 54.1. The SMILES string of the molecule is CC/C=C\C/C=C\C/C=C\C/C=C\CCCCC(=O)OCC(COP(=O)(O)OCC(CO)OC(=O)CCCCCCC/C=C\C/C=C\CCCCC)OC(=O)CCCCCCCCCCCCCCCCCCC. The summed E-state index contributed by atoms with van der Waals surface area (Å²) in [6.45, 7) is 4.47. The molecule has 0 bridgehead atoms. The topological polar surface area (TPSA) is 155 Å². The Morgan fingerprint density at radius 1 is 0.392 bits per heavy atom. The number of unbranched alkanes of at least 4 members (excludes halogenated alkanes) is 26. The van der Waals surface area contributed by atoms with Gasteiger partial charge in [0.2, 0.25) is 0 Å². The standard InChI is InChI=1S/C62H109O11P/c1-4-7-10-13-16-19-22-25-28-29-32-35-38-41-44-47-50-53-62(66)73-59(55-69-60(64)51-48-45-42-39-36-33-30-26-23-20-17-14-11-8-5-2)57-71-74(67,68)70-56-58(54-63)72-61(65)52-49-46-43-40-37-34-31-27-24-21-18-15-12-9-6-3/h8,11,17-18,20-21,26-27,30-31,36,39,58-59,63H,4-7,9-10,12-16,19,22-25,28-29,32-35,37-38,40-57H2,1-3H3,(H,67,68)/b11-8-,20-17-,21-18-,30-26-,31-27-,39-36-. The average Bonchev–Trinajstić information content (AvgIpc) is 3.39. The van der Waals surface area contributed by atoms with Crippen LogP contribution in [0.3, 0.4) is 0 Å². The molecule has 0 fully saturated rings. The summed E-state index contributed by atoms with van der Waals surface area (Å²) < 4.78 is 39.5. The number of aliphatic hydroxyl groups excluding tert-OH is 1. The van der Waals surface area contributed by atoms with Crippen molar-refractivity contribution in [3.63, 3.8) is 0 Å². The zero-order valence-electron chi connectivity index (χ0n) is 47.3. The van der Waals surface area contributed by atoms with Crippen LogP contribution < -0.4 is 0 Å². The molecule has 0 rings (SSSR count). The van der Waals surface area contributed by atoms with Crippen molar-refractivity contribution in [3.8, 4) is 0 Å². The highest BCUT2D eigenvalue weighted by Gasteiger charge is 2.28. The number of hydrogen-bond acceptors (Lipinski definition) is 10. The fourth-order valence-corrected chi connectivity index (χ4v) is 8.87. The summed E-state index contributed by atoms with van der Waals surface area (Å²) in [5, 5.41) is 9.82. The predicted octanol–water partition coefficient (Wildman–Crippen LogP) is 17.7. The molecule has 0 aliphatic heterocycles. The van der Waals surface area contributed by atoms with Crippen molar-refractivity contribution in [1.82, 2.24) is 0 Å². The Morgan fingerprint density at radius 3 is 1.14 bits per heavy atom. The number of esters is 3. The molecule has 3 atom stereocenters. The van der Waals surface area contributed by atoms with E-state index in [1.54, 1.807) is 0 Å². The molecule has 428 valence electrons. The molecule has 0 saturated heterocycles. The maximum absolute atomic E-state index is 12.9. The number of phosphoric ester groups is 1. The Kier molecular flexibility index (Phi) is 53.8. The quantitative estimate of drug-likeness (QED) is 0.0197. The number of rotatable bonds is 55. The van der Waals surface area contributed by atoms with Gasteiger partial charge < -0.3 is 24.2 Å². The molecule has 74 heavy (non-hydrogen) atoms. The van der Waals surface area contributed by atoms with Crippen LogP contribution in [0.5, 0.6) is 0 Å². The number of aliphatic hydroxyl groups is 1. The maximum Gasteiger partial charge on any atom is 0.472 e. The molecule has 0 amide bonds. The Labute approximate surface area is 452 Å². The highest BCUT2D eigenvalue weighted by Crippen LogP contribution is 2.43. The van der Waals surface area contributed by atoms with Crippen LogP contribution in [0.15, 0.2) is 72.9 Å². The predicted molar refractivity (Wildman–Crippen MR) is 307 cm³/mol. The van der Waals surface area contributed by atoms with E-state index in [2.05, 4.69) is 93.7 Å². The van der Waals surface area contributed by atoms with Gasteiger partial charge in [0.1, 0.15) is 12.7 Å². The molecule has 0 radical (unpaired) electrons. The van der Waals surface area contributed by atoms with Crippen molar-refractivity contribution in [2.45, 2.75) is 277 Å². The van der Waals surface area contributed by atoms with E-state index < -0.39 is 57.8 Å². The molecule has 3 unspecified atom stereocenters. The van der Waals surface area contributed by atoms with E-state index in [1.165, 1.54) is 103 Å². The highest BCUT2D eigenvalue weighted by molar-refractivity contribution is 7.47. The van der Waals surface area contributed by atoms with Crippen LogP contribution in [0.25, 0.3) is 0 Å². The lowest BCUT2D eigenvalue weighted by Crippen LogP contribution is -2.30. The number of carbonyl (C=O) groups excluding carboxylic acids is 3. The van der Waals surface area contributed by atoms with Crippen molar-refractivity contribution in [3.05, 3.63) is 72.9 Å². The maximum atomic E-state index is 12.9. The minimum atomic E-state index is -4.76. The van der Waals surface area contributed by atoms with Gasteiger partial charge in [0.15, 0.2) is 6.10 Å². The second kappa shape index (κ2) is 56.1. The van der Waals surface area contributed by atoms with Crippen molar-refractivity contribution in [1.29, 1.82) is 0 Å². The fourth-order valence-electron chi connectivity index (χ4n) is 8.08. The van der Waals surface area contributed by atoms with E-state index in [0.29, 0.717) is 19.3 Å². The third-order valence-corrected chi connectivity index (χ3v) is 13.6. The van der Waals surface area contributed by atoms with E-state index >= 15 is 0 Å². The normalized spacial score (nSPS) is 13.9. The number of allylic oxidation sites excluding steroid dienone is 12. The summed E-state index contributed by atoms with van der Waals surface area (Å²) >= 11 is 0. The first-order valence-corrected chi connectivity index (χ1v) is 31.3. The van der Waals surface area contributed by atoms with Gasteiger partial charge >= 0.3 is 25.7 Å². The summed E-state index contributed by atoms with van der Waals surface area (Å²) in [6, 6.07) is 0. The summed E-state index contributed by atoms with van der Waals surface area (Å²) in [7, 11) is -4.76. The summed E-state index contributed by atoms with van der Waals surface area (Å²) in [5.74, 6) is -1.52. The summed E-state index contributed by atoms with van der Waals surface area (Å²) in [5.41, 5.74) is 0. The molecule has 0 aliphatic carbocycles. The zero-order valence-corrected chi connectivity index (χ0v) is 48.2. The van der Waals surface area contributed by atoms with Gasteiger partial charge in [0, 0.05) is 19.3 Å². The molecule has 0 aromatic rings. The second-order valence-corrected chi connectivity index (χ2v) is 21.2. The minimum Gasteiger partial charge on any atom is -0.462 e. The Hall–Kier alpha value is -3.08. The monoisotopic (exact) mass is 1060 g/mol. The van der Waals surface area contributed by atoms with Gasteiger partial charge in [-0.1, -0.05) is 229 Å². The van der Waals surface area contributed by atoms with Crippen molar-refractivity contribution in [2.75, 3.05) is 26.4 Å². The Balaban J connectivity index is 4.76. The van der Waals surface area contributed by atoms with Crippen molar-refractivity contribution in [2.24, 2.45) is 0 Å². The van der Waals surface area contributed by atoms with Gasteiger partial charge in [-0.2, -0.15) is 0 Å². The van der Waals surface area contributed by atoms with Crippen LogP contribution in [0.4, 0.5) is 0 Å². The van der Waals surface area contributed by atoms with E-state index in [1.807, 2.05) is 0 Å². The molecular formula is C62H109O11P. The van der Waals surface area contributed by atoms with Gasteiger partial charge in [-0.15, -0.1) is 0 Å². The number of carbonyl (C=O) groups is 3. The van der Waals surface area contributed by atoms with Gasteiger partial charge in [-0.05, 0) is 89.9 Å². The van der Waals surface area contributed by atoms with Crippen LogP contribution >= 0.6 is 7.82 Å². The number of phosphoric acid groups is 1. The average molecular weight is 1060 g/mol. The van der Waals surface area contributed by atoms with E-state index in [-0.39, 0.29) is 25.9 Å². The second-order valence-electron chi connectivity index (χ2n) is 19.8. The van der Waals surface area contributed by atoms with Crippen LogP contribution in [0, 0.1) is 0 Å². The van der Waals surface area contributed by atoms with Gasteiger partial charge in [0.25, 0.3) is 0 Å². The first-order valence-electron chi connectivity index (χ1n) is 29.8. The molecule has 11 nitrogen and oxygen atoms in total. The Bertz CT molecular complexity index is 1520. The first-order chi connectivity index (χ1) is 36.2. The molecule has 0 aromatic carbocycles. The highest BCUT2D eigenvalue weighted by atomic mass is 31.2. The molecule has 2 N–H and O–H groups in total. The number of hydrogen-bond donors (Lipinski definition) is 2. The number of ether oxygens (including phenoxy) is 3. The van der Waals surface area contributed by atoms with Gasteiger partial charge in [-0.3, -0.25) is 23.4 Å². The van der Waals surface area contributed by atoms with E-state index in [0.717, 1.165) is 103 Å². The first kappa shape index (κ1) is 70.9. The summed E-state index contributed by atoms with van der Waals surface area (Å²) in [6.07, 6.45) is 62.9. The van der Waals surface area contributed by atoms with Crippen molar-refractivity contribution < 1.29 is 52.2 Å². The van der Waals surface area contributed by atoms with Gasteiger partial charge in [0.05, 0.1) is 19.8 Å². The van der Waals surface area contributed by atoms with Crippen LogP contribution in [0.2, 0.25) is 0 Å². The van der Waals surface area contributed by atoms with Crippen molar-refractivity contribution >= 4 is 25.7 Å². The third kappa shape index (κ3) is 53.7. The fraction of sp³-hybridized carbons (Fsp3) is 0.758. The lowest BCUT2D eigenvalue weighted by molar-refractivity contribution is -0.161. The molecule has 0 saturated carbocycles. The molecule has 12 heteroatoms. The largest absolute Gasteiger partial charge is 0.472 e. The van der Waals surface area contributed by atoms with Gasteiger partial charge in [-0.25, -0.2) is 4.57 Å². The molecule has 0 aliphatic rings.